The van der Waals surface area contributed by atoms with E-state index in [-0.39, 0.29) is 37.7 Å². The number of carbonyl (C=O) groups is 1. The van der Waals surface area contributed by atoms with Crippen LogP contribution in [-0.4, -0.2) is 41.1 Å². The highest BCUT2D eigenvalue weighted by Gasteiger charge is 2.31. The Bertz CT molecular complexity index is 1180. The van der Waals surface area contributed by atoms with Crippen molar-refractivity contribution in [1.29, 1.82) is 0 Å². The molecule has 3 heterocycles. The van der Waals surface area contributed by atoms with Gasteiger partial charge < -0.3 is 14.6 Å². The third kappa shape index (κ3) is 3.63. The molecule has 10 heteroatoms. The maximum absolute atomic E-state index is 13.1. The van der Waals surface area contributed by atoms with Crippen molar-refractivity contribution in [2.75, 3.05) is 6.54 Å². The average molecular weight is 413 g/mol. The van der Waals surface area contributed by atoms with Gasteiger partial charge in [0.25, 0.3) is 11.5 Å². The van der Waals surface area contributed by atoms with E-state index < -0.39 is 22.9 Å². The topological polar surface area (TPSA) is 102 Å². The Morgan fingerprint density at radius 1 is 1.07 bits per heavy atom. The van der Waals surface area contributed by atoms with E-state index in [4.69, 9.17) is 0 Å². The molecule has 0 saturated carbocycles. The number of imidazole rings is 1. The fourth-order valence-electron chi connectivity index (χ4n) is 3.57. The van der Waals surface area contributed by atoms with Gasteiger partial charge in [0, 0.05) is 45.1 Å². The number of halogens is 1. The smallest absolute Gasteiger partial charge is 0.331 e. The number of benzene rings is 1. The van der Waals surface area contributed by atoms with Crippen LogP contribution in [0.5, 0.6) is 5.75 Å². The van der Waals surface area contributed by atoms with Crippen LogP contribution in [0.4, 0.5) is 4.39 Å². The molecule has 0 spiro atoms. The summed E-state index contributed by atoms with van der Waals surface area (Å²) in [4.78, 5) is 43.6. The summed E-state index contributed by atoms with van der Waals surface area (Å²) in [5, 5.41) is 10.4. The lowest BCUT2D eigenvalue weighted by Gasteiger charge is -2.30. The number of aromatic nitrogens is 4. The third-order valence-electron chi connectivity index (χ3n) is 5.13. The monoisotopic (exact) mass is 413 g/mol. The first-order valence-electron chi connectivity index (χ1n) is 9.52. The lowest BCUT2D eigenvalue weighted by atomic mass is 10.1. The Morgan fingerprint density at radius 2 is 1.83 bits per heavy atom. The van der Waals surface area contributed by atoms with E-state index in [0.717, 1.165) is 9.13 Å². The van der Waals surface area contributed by atoms with Crippen molar-refractivity contribution in [2.45, 2.75) is 32.6 Å². The SMILES string of the molecule is O=C1c2c(O)c(=O)n(CCCn3ccnc3)c(=O)n2CCN1Cc1ccc(F)cc1. The molecule has 1 N–H and O–H groups in total. The van der Waals surface area contributed by atoms with Gasteiger partial charge in [-0.2, -0.15) is 0 Å². The van der Waals surface area contributed by atoms with Gasteiger partial charge in [-0.05, 0) is 24.1 Å². The van der Waals surface area contributed by atoms with Crippen LogP contribution in [0.3, 0.4) is 0 Å². The number of carbonyl (C=O) groups excluding carboxylic acids is 1. The normalized spacial score (nSPS) is 13.5. The van der Waals surface area contributed by atoms with Crippen molar-refractivity contribution >= 4 is 5.91 Å². The second-order valence-electron chi connectivity index (χ2n) is 7.10. The van der Waals surface area contributed by atoms with E-state index in [1.165, 1.54) is 17.0 Å². The Kier molecular flexibility index (Phi) is 5.21. The highest BCUT2D eigenvalue weighted by atomic mass is 19.1. The van der Waals surface area contributed by atoms with Gasteiger partial charge in [-0.1, -0.05) is 12.1 Å². The van der Waals surface area contributed by atoms with Crippen LogP contribution in [0.25, 0.3) is 0 Å². The molecular formula is C20H20FN5O4. The van der Waals surface area contributed by atoms with Crippen LogP contribution in [0.15, 0.2) is 52.6 Å². The van der Waals surface area contributed by atoms with Crippen molar-refractivity contribution in [2.24, 2.45) is 0 Å². The minimum atomic E-state index is -0.881. The van der Waals surface area contributed by atoms with E-state index in [0.29, 0.717) is 18.5 Å². The van der Waals surface area contributed by atoms with Crippen LogP contribution >= 0.6 is 0 Å². The molecule has 0 fully saturated rings. The average Bonchev–Trinajstić information content (AvgIpc) is 3.25. The van der Waals surface area contributed by atoms with Gasteiger partial charge in [0.05, 0.1) is 6.33 Å². The summed E-state index contributed by atoms with van der Waals surface area (Å²) in [5.41, 5.74) is -1.10. The largest absolute Gasteiger partial charge is 0.501 e. The summed E-state index contributed by atoms with van der Waals surface area (Å²) in [6, 6.07) is 5.70. The molecular weight excluding hydrogens is 393 g/mol. The van der Waals surface area contributed by atoms with Gasteiger partial charge >= 0.3 is 5.69 Å². The number of aryl methyl sites for hydroxylation is 1. The maximum Gasteiger partial charge on any atom is 0.331 e. The highest BCUT2D eigenvalue weighted by Crippen LogP contribution is 2.19. The number of fused-ring (bicyclic) bond motifs is 1. The standard InChI is InChI=1S/C20H20FN5O4/c21-15-4-2-14(3-5-15)12-24-10-11-25-16(18(24)28)17(27)19(29)26(20(25)30)8-1-7-23-9-6-22-13-23/h2-6,9,13,27H,1,7-8,10-12H2. The molecule has 0 saturated heterocycles. The zero-order valence-corrected chi connectivity index (χ0v) is 16.1. The molecule has 0 aliphatic carbocycles. The molecule has 0 atom stereocenters. The van der Waals surface area contributed by atoms with E-state index in [1.807, 2.05) is 4.57 Å². The quantitative estimate of drug-likeness (QED) is 0.644. The maximum atomic E-state index is 13.1. The number of rotatable bonds is 6. The van der Waals surface area contributed by atoms with Crippen molar-refractivity contribution < 1.29 is 14.3 Å². The van der Waals surface area contributed by atoms with Crippen LogP contribution in [0.1, 0.15) is 22.5 Å². The number of hydrogen-bond donors (Lipinski definition) is 1. The summed E-state index contributed by atoms with van der Waals surface area (Å²) >= 11 is 0. The molecule has 0 radical (unpaired) electrons. The molecule has 0 unspecified atom stereocenters. The molecule has 3 aromatic rings. The summed E-state index contributed by atoms with van der Waals surface area (Å²) in [5.74, 6) is -1.72. The highest BCUT2D eigenvalue weighted by molar-refractivity contribution is 5.95. The Labute approximate surface area is 170 Å². The number of hydrogen-bond acceptors (Lipinski definition) is 5. The van der Waals surface area contributed by atoms with Crippen molar-refractivity contribution in [3.05, 3.63) is 80.9 Å². The molecule has 9 nitrogen and oxygen atoms in total. The molecule has 1 aromatic carbocycles. The van der Waals surface area contributed by atoms with E-state index in [1.54, 1.807) is 30.9 Å². The predicted octanol–water partition coefficient (Wildman–Crippen LogP) is 0.797. The second kappa shape index (κ2) is 7.97. The number of nitrogens with zero attached hydrogens (tertiary/aromatic N) is 5. The number of amides is 1. The summed E-state index contributed by atoms with van der Waals surface area (Å²) in [6.07, 6.45) is 5.52. The van der Waals surface area contributed by atoms with Crippen LogP contribution in [0, 0.1) is 5.82 Å². The van der Waals surface area contributed by atoms with E-state index in [2.05, 4.69) is 4.98 Å². The van der Waals surface area contributed by atoms with E-state index >= 15 is 0 Å². The van der Waals surface area contributed by atoms with Gasteiger partial charge in [0.15, 0.2) is 5.69 Å². The molecule has 30 heavy (non-hydrogen) atoms. The first-order chi connectivity index (χ1) is 14.5. The lowest BCUT2D eigenvalue weighted by Crippen LogP contribution is -2.49. The zero-order valence-electron chi connectivity index (χ0n) is 16.1. The van der Waals surface area contributed by atoms with Crippen LogP contribution in [-0.2, 0) is 26.2 Å². The first kappa shape index (κ1) is 19.6. The minimum absolute atomic E-state index is 0.108. The molecule has 156 valence electrons. The molecule has 4 rings (SSSR count). The molecule has 1 aliphatic rings. The molecule has 1 amide bonds. The first-order valence-corrected chi connectivity index (χ1v) is 9.52. The van der Waals surface area contributed by atoms with Gasteiger partial charge in [0.2, 0.25) is 5.75 Å². The molecule has 0 bridgehead atoms. The number of aromatic hydroxyl groups is 1. The Morgan fingerprint density at radius 3 is 2.53 bits per heavy atom. The van der Waals surface area contributed by atoms with Crippen molar-refractivity contribution in [1.82, 2.24) is 23.6 Å². The van der Waals surface area contributed by atoms with Crippen molar-refractivity contribution in [3.63, 3.8) is 0 Å². The van der Waals surface area contributed by atoms with Gasteiger partial charge in [0.1, 0.15) is 5.82 Å². The van der Waals surface area contributed by atoms with Gasteiger partial charge in [-0.3, -0.25) is 18.7 Å². The van der Waals surface area contributed by atoms with E-state index in [9.17, 15) is 23.9 Å². The second-order valence-corrected chi connectivity index (χ2v) is 7.10. The molecule has 2 aromatic heterocycles. The van der Waals surface area contributed by atoms with Crippen LogP contribution in [0.2, 0.25) is 0 Å². The predicted molar refractivity (Wildman–Crippen MR) is 105 cm³/mol. The Balaban J connectivity index is 1.58. The summed E-state index contributed by atoms with van der Waals surface area (Å²) in [7, 11) is 0. The van der Waals surface area contributed by atoms with Crippen LogP contribution < -0.4 is 11.2 Å². The third-order valence-corrected chi connectivity index (χ3v) is 5.13. The fraction of sp³-hybridized carbons (Fsp3) is 0.300. The minimum Gasteiger partial charge on any atom is -0.501 e. The Hall–Kier alpha value is -3.69. The fourth-order valence-corrected chi connectivity index (χ4v) is 3.57. The molecule has 1 aliphatic heterocycles. The van der Waals surface area contributed by atoms with Gasteiger partial charge in [-0.15, -0.1) is 0 Å². The lowest BCUT2D eigenvalue weighted by molar-refractivity contribution is 0.0677. The van der Waals surface area contributed by atoms with Crippen molar-refractivity contribution in [3.8, 4) is 5.75 Å². The van der Waals surface area contributed by atoms with Gasteiger partial charge in [-0.25, -0.2) is 14.2 Å². The summed E-state index contributed by atoms with van der Waals surface area (Å²) in [6.45, 7) is 1.23. The summed E-state index contributed by atoms with van der Waals surface area (Å²) < 4.78 is 17.0. The zero-order chi connectivity index (χ0) is 21.3.